The summed E-state index contributed by atoms with van der Waals surface area (Å²) in [6.45, 7) is 7.29. The highest BCUT2D eigenvalue weighted by Gasteiger charge is 2.11. The van der Waals surface area contributed by atoms with E-state index in [9.17, 15) is 0 Å². The molecule has 26 heavy (non-hydrogen) atoms. The number of aliphatic imine (C=N–C) groups is 1. The van der Waals surface area contributed by atoms with Gasteiger partial charge in [0.15, 0.2) is 5.96 Å². The molecular weight excluding hydrogens is 445 g/mol. The van der Waals surface area contributed by atoms with Crippen LogP contribution in [-0.4, -0.2) is 58.9 Å². The number of rotatable bonds is 10. The number of benzene rings is 1. The van der Waals surface area contributed by atoms with Crippen LogP contribution >= 0.6 is 24.0 Å². The van der Waals surface area contributed by atoms with Crippen molar-refractivity contribution in [3.8, 4) is 11.5 Å². The van der Waals surface area contributed by atoms with Crippen molar-refractivity contribution >= 4 is 29.9 Å². The van der Waals surface area contributed by atoms with Gasteiger partial charge in [0.05, 0.1) is 20.8 Å². The van der Waals surface area contributed by atoms with Crippen molar-refractivity contribution in [1.82, 2.24) is 10.2 Å². The van der Waals surface area contributed by atoms with Crippen molar-refractivity contribution in [2.45, 2.75) is 26.8 Å². The minimum Gasteiger partial charge on any atom is -0.497 e. The van der Waals surface area contributed by atoms with E-state index in [1.807, 2.05) is 25.2 Å². The van der Waals surface area contributed by atoms with E-state index in [4.69, 9.17) is 14.2 Å². The molecule has 0 spiro atoms. The first-order valence-corrected chi connectivity index (χ1v) is 8.72. The summed E-state index contributed by atoms with van der Waals surface area (Å²) in [5, 5.41) is 3.32. The number of ether oxygens (including phenoxy) is 3. The van der Waals surface area contributed by atoms with Crippen LogP contribution in [0.5, 0.6) is 11.5 Å². The molecule has 0 saturated heterocycles. The van der Waals surface area contributed by atoms with E-state index in [-0.39, 0.29) is 24.0 Å². The molecule has 0 bridgehead atoms. The Morgan fingerprint density at radius 1 is 1.19 bits per heavy atom. The zero-order valence-corrected chi connectivity index (χ0v) is 19.2. The first-order chi connectivity index (χ1) is 12.0. The molecule has 0 radical (unpaired) electrons. The lowest BCUT2D eigenvalue weighted by Gasteiger charge is -2.23. The maximum atomic E-state index is 5.63. The Balaban J connectivity index is 0.00000625. The van der Waals surface area contributed by atoms with Crippen LogP contribution < -0.4 is 14.8 Å². The van der Waals surface area contributed by atoms with E-state index in [0.29, 0.717) is 19.1 Å². The molecule has 6 nitrogen and oxygen atoms in total. The summed E-state index contributed by atoms with van der Waals surface area (Å²) in [5.74, 6) is 3.08. The Kier molecular flexibility index (Phi) is 13.3. The highest BCUT2D eigenvalue weighted by atomic mass is 127. The molecule has 0 aliphatic heterocycles. The number of nitrogens with zero attached hydrogens (tertiary/aromatic N) is 2. The molecule has 0 atom stereocenters. The van der Waals surface area contributed by atoms with Gasteiger partial charge in [0, 0.05) is 45.4 Å². The first-order valence-electron chi connectivity index (χ1n) is 8.72. The van der Waals surface area contributed by atoms with Crippen molar-refractivity contribution in [2.24, 2.45) is 10.9 Å². The zero-order chi connectivity index (χ0) is 18.7. The van der Waals surface area contributed by atoms with Gasteiger partial charge in [-0.3, -0.25) is 4.99 Å². The molecule has 0 amide bonds. The average molecular weight is 479 g/mol. The summed E-state index contributed by atoms with van der Waals surface area (Å²) in [4.78, 5) is 6.38. The summed E-state index contributed by atoms with van der Waals surface area (Å²) in [6, 6.07) is 5.84. The second kappa shape index (κ2) is 13.9. The summed E-state index contributed by atoms with van der Waals surface area (Å²) in [6.07, 6.45) is 1.09. The van der Waals surface area contributed by atoms with Gasteiger partial charge in [-0.2, -0.15) is 0 Å². The average Bonchev–Trinajstić information content (AvgIpc) is 2.61. The van der Waals surface area contributed by atoms with Crippen LogP contribution in [0.4, 0.5) is 0 Å². The van der Waals surface area contributed by atoms with E-state index in [1.54, 1.807) is 21.3 Å². The number of guanidine groups is 1. The Morgan fingerprint density at radius 3 is 2.50 bits per heavy atom. The van der Waals surface area contributed by atoms with Crippen LogP contribution in [-0.2, 0) is 11.3 Å². The van der Waals surface area contributed by atoms with Gasteiger partial charge < -0.3 is 24.4 Å². The summed E-state index contributed by atoms with van der Waals surface area (Å²) in [7, 11) is 7.09. The van der Waals surface area contributed by atoms with Gasteiger partial charge in [0.1, 0.15) is 11.5 Å². The molecule has 0 fully saturated rings. The molecule has 0 aliphatic rings. The Morgan fingerprint density at radius 2 is 1.92 bits per heavy atom. The van der Waals surface area contributed by atoms with E-state index >= 15 is 0 Å². The molecule has 0 heterocycles. The summed E-state index contributed by atoms with van der Waals surface area (Å²) < 4.78 is 16.3. The number of methoxy groups -OCH3 is 2. The predicted molar refractivity (Wildman–Crippen MR) is 118 cm³/mol. The van der Waals surface area contributed by atoms with Crippen LogP contribution in [0.2, 0.25) is 0 Å². The lowest BCUT2D eigenvalue weighted by Crippen LogP contribution is -2.40. The fourth-order valence-electron chi connectivity index (χ4n) is 2.35. The number of hydrogen-bond donors (Lipinski definition) is 1. The number of hydrogen-bond acceptors (Lipinski definition) is 4. The Labute approximate surface area is 175 Å². The van der Waals surface area contributed by atoms with Crippen molar-refractivity contribution < 1.29 is 14.2 Å². The van der Waals surface area contributed by atoms with Gasteiger partial charge in [-0.25, -0.2) is 0 Å². The highest BCUT2D eigenvalue weighted by Crippen LogP contribution is 2.25. The standard InChI is InChI=1S/C19H33N3O3.HI/c1-15(2)9-11-25-12-10-21-19(20-3)22(4)14-16-7-8-17(23-5)13-18(16)24-6;/h7-8,13,15H,9-12,14H2,1-6H3,(H,20,21);1H. The van der Waals surface area contributed by atoms with E-state index in [0.717, 1.165) is 42.6 Å². The molecule has 1 aromatic rings. The molecule has 1 N–H and O–H groups in total. The van der Waals surface area contributed by atoms with Crippen molar-refractivity contribution in [3.63, 3.8) is 0 Å². The van der Waals surface area contributed by atoms with Crippen LogP contribution in [0.1, 0.15) is 25.8 Å². The third-order valence-electron chi connectivity index (χ3n) is 3.84. The topological polar surface area (TPSA) is 55.3 Å². The Bertz CT molecular complexity index is 539. The molecule has 0 aromatic heterocycles. The maximum absolute atomic E-state index is 5.63. The molecule has 1 aromatic carbocycles. The lowest BCUT2D eigenvalue weighted by molar-refractivity contribution is 0.127. The normalized spacial score (nSPS) is 11.1. The van der Waals surface area contributed by atoms with Gasteiger partial charge in [-0.1, -0.05) is 13.8 Å². The van der Waals surface area contributed by atoms with E-state index in [1.165, 1.54) is 0 Å². The van der Waals surface area contributed by atoms with Crippen LogP contribution in [0.25, 0.3) is 0 Å². The van der Waals surface area contributed by atoms with Gasteiger partial charge >= 0.3 is 0 Å². The number of halogens is 1. The summed E-state index contributed by atoms with van der Waals surface area (Å²) >= 11 is 0. The zero-order valence-electron chi connectivity index (χ0n) is 16.9. The third kappa shape index (κ3) is 8.93. The molecule has 150 valence electrons. The lowest BCUT2D eigenvalue weighted by atomic mass is 10.1. The molecule has 1 rings (SSSR count). The largest absolute Gasteiger partial charge is 0.497 e. The van der Waals surface area contributed by atoms with Crippen molar-refractivity contribution in [2.75, 3.05) is 48.1 Å². The first kappa shape index (κ1) is 24.8. The molecule has 0 saturated carbocycles. The second-order valence-electron chi connectivity index (χ2n) is 6.30. The molecule has 0 aliphatic carbocycles. The highest BCUT2D eigenvalue weighted by molar-refractivity contribution is 14.0. The second-order valence-corrected chi connectivity index (χ2v) is 6.30. The van der Waals surface area contributed by atoms with Crippen LogP contribution in [0.15, 0.2) is 23.2 Å². The minimum atomic E-state index is 0. The van der Waals surface area contributed by atoms with Gasteiger partial charge in [0.25, 0.3) is 0 Å². The molecular formula is C19H34IN3O3. The van der Waals surface area contributed by atoms with Crippen molar-refractivity contribution in [1.29, 1.82) is 0 Å². The molecule has 7 heteroatoms. The van der Waals surface area contributed by atoms with Gasteiger partial charge in [-0.05, 0) is 24.5 Å². The van der Waals surface area contributed by atoms with E-state index < -0.39 is 0 Å². The number of nitrogens with one attached hydrogen (secondary N) is 1. The fraction of sp³-hybridized carbons (Fsp3) is 0.632. The fourth-order valence-corrected chi connectivity index (χ4v) is 2.35. The van der Waals surface area contributed by atoms with Crippen LogP contribution in [0, 0.1) is 5.92 Å². The SMILES string of the molecule is CN=C(NCCOCCC(C)C)N(C)Cc1ccc(OC)cc1OC.I. The van der Waals surface area contributed by atoms with E-state index in [2.05, 4.69) is 29.1 Å². The quantitative estimate of drug-likeness (QED) is 0.241. The predicted octanol–water partition coefficient (Wildman–Crippen LogP) is 3.39. The Hall–Kier alpha value is -1.22. The van der Waals surface area contributed by atoms with Gasteiger partial charge in [-0.15, -0.1) is 24.0 Å². The molecule has 0 unspecified atom stereocenters. The third-order valence-corrected chi connectivity index (χ3v) is 3.84. The van der Waals surface area contributed by atoms with Crippen LogP contribution in [0.3, 0.4) is 0 Å². The summed E-state index contributed by atoms with van der Waals surface area (Å²) in [5.41, 5.74) is 1.07. The maximum Gasteiger partial charge on any atom is 0.193 e. The minimum absolute atomic E-state index is 0. The smallest absolute Gasteiger partial charge is 0.193 e. The van der Waals surface area contributed by atoms with Gasteiger partial charge in [0.2, 0.25) is 0 Å². The monoisotopic (exact) mass is 479 g/mol. The van der Waals surface area contributed by atoms with Crippen molar-refractivity contribution in [3.05, 3.63) is 23.8 Å².